The molecule has 0 aromatic carbocycles. The first-order chi connectivity index (χ1) is 8.54. The molecular weight excluding hydrogens is 303 g/mol. The van der Waals surface area contributed by atoms with E-state index in [1.807, 2.05) is 0 Å². The Morgan fingerprint density at radius 1 is 1.28 bits per heavy atom. The summed E-state index contributed by atoms with van der Waals surface area (Å²) in [4.78, 5) is 28.5. The molecular formula is C10H10BBrN2O4. The average Bonchev–Trinajstić information content (AvgIpc) is 2.25. The number of hydrogen-bond acceptors (Lipinski definition) is 6. The summed E-state index contributed by atoms with van der Waals surface area (Å²) >= 11 is 3.25. The number of carbonyl (C=O) groups is 2. The number of pyridine rings is 1. The van der Waals surface area contributed by atoms with Crippen LogP contribution in [0.4, 0.5) is 0 Å². The third-order valence-corrected chi connectivity index (χ3v) is 2.71. The largest absolute Gasteiger partial charge is 0.638 e. The van der Waals surface area contributed by atoms with Crippen molar-refractivity contribution in [3.63, 3.8) is 0 Å². The van der Waals surface area contributed by atoms with E-state index in [1.165, 1.54) is 11.1 Å². The van der Waals surface area contributed by atoms with Crippen LogP contribution in [0.25, 0.3) is 0 Å². The van der Waals surface area contributed by atoms with Crippen LogP contribution in [0.2, 0.25) is 0 Å². The van der Waals surface area contributed by atoms with Gasteiger partial charge in [0.25, 0.3) is 0 Å². The maximum atomic E-state index is 11.5. The highest BCUT2D eigenvalue weighted by Gasteiger charge is 2.34. The topological polar surface area (TPSA) is 68.7 Å². The quantitative estimate of drug-likeness (QED) is 0.656. The summed E-state index contributed by atoms with van der Waals surface area (Å²) in [5, 5.41) is 0. The summed E-state index contributed by atoms with van der Waals surface area (Å²) in [5.41, 5.74) is 0.510. The molecule has 0 unspecified atom stereocenters. The number of hydrogen-bond donors (Lipinski definition) is 0. The van der Waals surface area contributed by atoms with Gasteiger partial charge in [-0.15, -0.1) is 0 Å². The Labute approximate surface area is 113 Å². The summed E-state index contributed by atoms with van der Waals surface area (Å²) in [7, 11) is 0.604. The van der Waals surface area contributed by atoms with Crippen LogP contribution in [0.5, 0.6) is 0 Å². The van der Waals surface area contributed by atoms with Gasteiger partial charge in [-0.2, -0.15) is 0 Å². The first-order valence-electron chi connectivity index (χ1n) is 5.22. The van der Waals surface area contributed by atoms with E-state index >= 15 is 0 Å². The molecule has 0 saturated carbocycles. The van der Waals surface area contributed by atoms with Crippen LogP contribution < -0.4 is 5.46 Å². The van der Waals surface area contributed by atoms with Crippen molar-refractivity contribution in [1.82, 2.24) is 9.88 Å². The highest BCUT2D eigenvalue weighted by Crippen LogP contribution is 2.06. The van der Waals surface area contributed by atoms with E-state index in [0.717, 1.165) is 0 Å². The Morgan fingerprint density at radius 2 is 1.89 bits per heavy atom. The first kappa shape index (κ1) is 13.0. The molecule has 0 spiro atoms. The second-order valence-electron chi connectivity index (χ2n) is 3.92. The van der Waals surface area contributed by atoms with Crippen LogP contribution in [-0.4, -0.2) is 49.1 Å². The van der Waals surface area contributed by atoms with Gasteiger partial charge in [0, 0.05) is 22.3 Å². The number of carbonyl (C=O) groups excluding carboxylic acids is 2. The van der Waals surface area contributed by atoms with Crippen molar-refractivity contribution in [2.45, 2.75) is 0 Å². The molecule has 2 rings (SSSR count). The number of halogens is 1. The van der Waals surface area contributed by atoms with Crippen LogP contribution >= 0.6 is 15.9 Å². The van der Waals surface area contributed by atoms with Crippen molar-refractivity contribution in [2.75, 3.05) is 20.1 Å². The van der Waals surface area contributed by atoms with E-state index in [-0.39, 0.29) is 13.1 Å². The summed E-state index contributed by atoms with van der Waals surface area (Å²) in [6.07, 6.45) is 3.07. The molecule has 1 aliphatic rings. The van der Waals surface area contributed by atoms with Crippen molar-refractivity contribution in [2.24, 2.45) is 0 Å². The molecule has 6 nitrogen and oxygen atoms in total. The van der Waals surface area contributed by atoms with Gasteiger partial charge in [0.2, 0.25) is 0 Å². The van der Waals surface area contributed by atoms with Crippen molar-refractivity contribution in [3.05, 3.63) is 22.9 Å². The predicted octanol–water partition coefficient (Wildman–Crippen LogP) is -0.429. The fraction of sp³-hybridized carbons (Fsp3) is 0.300. The van der Waals surface area contributed by atoms with E-state index in [4.69, 9.17) is 9.31 Å². The van der Waals surface area contributed by atoms with Crippen molar-refractivity contribution >= 4 is 40.4 Å². The van der Waals surface area contributed by atoms with E-state index in [2.05, 4.69) is 20.9 Å². The Kier molecular flexibility index (Phi) is 3.98. The summed E-state index contributed by atoms with van der Waals surface area (Å²) in [6, 6.07) is 1.68. The van der Waals surface area contributed by atoms with Gasteiger partial charge in [0.15, 0.2) is 0 Å². The lowest BCUT2D eigenvalue weighted by atomic mass is 9.80. The fourth-order valence-electron chi connectivity index (χ4n) is 1.53. The Morgan fingerprint density at radius 3 is 2.44 bits per heavy atom. The molecule has 1 aliphatic heterocycles. The van der Waals surface area contributed by atoms with Crippen molar-refractivity contribution in [3.8, 4) is 0 Å². The molecule has 1 fully saturated rings. The SMILES string of the molecule is CN1CC(=O)OB(c2cncc(Br)c2)OC(=O)C1. The van der Waals surface area contributed by atoms with E-state index in [0.29, 0.717) is 9.94 Å². The van der Waals surface area contributed by atoms with Gasteiger partial charge in [-0.3, -0.25) is 19.5 Å². The third kappa shape index (κ3) is 3.30. The minimum Gasteiger partial charge on any atom is -0.494 e. The smallest absolute Gasteiger partial charge is 0.494 e. The predicted molar refractivity (Wildman–Crippen MR) is 67.0 cm³/mol. The zero-order valence-corrected chi connectivity index (χ0v) is 11.2. The summed E-state index contributed by atoms with van der Waals surface area (Å²) < 4.78 is 10.9. The van der Waals surface area contributed by atoms with Crippen LogP contribution in [0, 0.1) is 0 Å². The molecule has 1 aromatic heterocycles. The van der Waals surface area contributed by atoms with Crippen LogP contribution in [0.1, 0.15) is 0 Å². The summed E-state index contributed by atoms with van der Waals surface area (Å²) in [5.74, 6) is -0.898. The number of aromatic nitrogens is 1. The maximum absolute atomic E-state index is 11.5. The molecule has 18 heavy (non-hydrogen) atoms. The van der Waals surface area contributed by atoms with E-state index in [9.17, 15) is 9.59 Å². The molecule has 0 N–H and O–H groups in total. The van der Waals surface area contributed by atoms with Gasteiger partial charge in [-0.05, 0) is 29.0 Å². The third-order valence-electron chi connectivity index (χ3n) is 2.27. The monoisotopic (exact) mass is 312 g/mol. The second-order valence-corrected chi connectivity index (χ2v) is 4.84. The zero-order valence-electron chi connectivity index (χ0n) is 9.63. The number of rotatable bonds is 1. The zero-order chi connectivity index (χ0) is 13.1. The van der Waals surface area contributed by atoms with Gasteiger partial charge < -0.3 is 9.31 Å². The van der Waals surface area contributed by atoms with Crippen molar-refractivity contribution < 1.29 is 18.9 Å². The van der Waals surface area contributed by atoms with E-state index < -0.39 is 19.1 Å². The molecule has 94 valence electrons. The van der Waals surface area contributed by atoms with E-state index in [1.54, 1.807) is 19.3 Å². The van der Waals surface area contributed by atoms with Gasteiger partial charge >= 0.3 is 19.1 Å². The molecule has 0 radical (unpaired) electrons. The van der Waals surface area contributed by atoms with Gasteiger partial charge in [-0.1, -0.05) is 0 Å². The maximum Gasteiger partial charge on any atom is 0.638 e. The summed E-state index contributed by atoms with van der Waals surface area (Å²) in [6.45, 7) is 0.0973. The molecule has 0 bridgehead atoms. The Hall–Kier alpha value is -1.41. The lowest BCUT2D eigenvalue weighted by Crippen LogP contribution is -2.47. The molecule has 0 amide bonds. The molecule has 1 aromatic rings. The standard InChI is InChI=1S/C10H10BBrN2O4/c1-14-5-9(15)17-11(18-10(16)6-14)7-2-8(12)4-13-3-7/h2-4H,5-6H2,1H3. The van der Waals surface area contributed by atoms with Crippen LogP contribution in [0.15, 0.2) is 22.9 Å². The number of nitrogens with zero attached hydrogens (tertiary/aromatic N) is 2. The fourth-order valence-corrected chi connectivity index (χ4v) is 1.91. The first-order valence-corrected chi connectivity index (χ1v) is 6.02. The average molecular weight is 313 g/mol. The molecule has 0 atom stereocenters. The Bertz CT molecular complexity index is 465. The minimum absolute atomic E-state index is 0.0486. The van der Waals surface area contributed by atoms with Gasteiger partial charge in [-0.25, -0.2) is 0 Å². The Balaban J connectivity index is 2.20. The molecule has 0 aliphatic carbocycles. The highest BCUT2D eigenvalue weighted by molar-refractivity contribution is 9.10. The normalized spacial score (nSPS) is 17.8. The number of likely N-dealkylation sites (N-methyl/N-ethyl adjacent to an activating group) is 1. The molecule has 1 saturated heterocycles. The van der Waals surface area contributed by atoms with Gasteiger partial charge in [0.05, 0.1) is 13.1 Å². The van der Waals surface area contributed by atoms with Crippen molar-refractivity contribution in [1.29, 1.82) is 0 Å². The van der Waals surface area contributed by atoms with Gasteiger partial charge in [0.1, 0.15) is 0 Å². The second kappa shape index (κ2) is 5.49. The lowest BCUT2D eigenvalue weighted by molar-refractivity contribution is -0.145. The van der Waals surface area contributed by atoms with Crippen LogP contribution in [-0.2, 0) is 18.9 Å². The van der Waals surface area contributed by atoms with Crippen LogP contribution in [0.3, 0.4) is 0 Å². The molecule has 8 heteroatoms. The highest BCUT2D eigenvalue weighted by atomic mass is 79.9. The lowest BCUT2D eigenvalue weighted by Gasteiger charge is -2.22. The minimum atomic E-state index is -1.04. The molecule has 2 heterocycles.